The minimum atomic E-state index is -0.314. The maximum absolute atomic E-state index is 14.4. The molecule has 1 aromatic carbocycles. The van der Waals surface area contributed by atoms with Gasteiger partial charge in [0.1, 0.15) is 18.2 Å². The Hall–Kier alpha value is -3.92. The van der Waals surface area contributed by atoms with E-state index in [1.807, 2.05) is 36.3 Å². The average molecular weight is 684 g/mol. The second kappa shape index (κ2) is 14.7. The van der Waals surface area contributed by atoms with E-state index in [1.165, 1.54) is 17.5 Å². The number of ether oxygens (including phenoxy) is 3. The number of nitrogens with zero attached hydrogens (tertiary/aromatic N) is 5. The lowest BCUT2D eigenvalue weighted by Gasteiger charge is -2.55. The molecule has 1 atom stereocenters. The average Bonchev–Trinajstić information content (AvgIpc) is 3.68. The summed E-state index contributed by atoms with van der Waals surface area (Å²) >= 11 is 0. The molecule has 2 amide bonds. The van der Waals surface area contributed by atoms with Crippen LogP contribution in [0.1, 0.15) is 94.7 Å². The summed E-state index contributed by atoms with van der Waals surface area (Å²) in [6, 6.07) is 10.7. The molecule has 8 rings (SSSR count). The van der Waals surface area contributed by atoms with Crippen molar-refractivity contribution in [2.24, 2.45) is 11.3 Å². The first-order valence-electron chi connectivity index (χ1n) is 18.7. The van der Waals surface area contributed by atoms with Crippen LogP contribution in [-0.2, 0) is 19.7 Å². The molecular weight excluding hydrogens is 630 g/mol. The molecule has 0 N–H and O–H groups in total. The van der Waals surface area contributed by atoms with Crippen molar-refractivity contribution in [2.75, 3.05) is 51.5 Å². The first-order chi connectivity index (χ1) is 24.3. The first-order valence-corrected chi connectivity index (χ1v) is 18.7. The van der Waals surface area contributed by atoms with Gasteiger partial charge in [-0.05, 0) is 111 Å². The Balaban J connectivity index is 1.07. The van der Waals surface area contributed by atoms with Gasteiger partial charge in [-0.2, -0.15) is 5.10 Å². The first kappa shape index (κ1) is 34.5. The molecule has 3 heterocycles. The van der Waals surface area contributed by atoms with E-state index in [4.69, 9.17) is 19.2 Å². The van der Waals surface area contributed by atoms with Crippen molar-refractivity contribution in [2.45, 2.75) is 95.9 Å². The summed E-state index contributed by atoms with van der Waals surface area (Å²) in [7, 11) is 1.74. The highest BCUT2D eigenvalue weighted by molar-refractivity contribution is 5.95. The third-order valence-electron chi connectivity index (χ3n) is 12.2. The summed E-state index contributed by atoms with van der Waals surface area (Å²) in [5.74, 6) is 1.98. The van der Waals surface area contributed by atoms with E-state index >= 15 is 0 Å². The number of aromatic nitrogens is 3. The van der Waals surface area contributed by atoms with E-state index in [-0.39, 0.29) is 41.4 Å². The van der Waals surface area contributed by atoms with Gasteiger partial charge in [-0.1, -0.05) is 31.4 Å². The van der Waals surface area contributed by atoms with Crippen LogP contribution >= 0.6 is 0 Å². The summed E-state index contributed by atoms with van der Waals surface area (Å²) in [6.07, 6.45) is 17.5. The molecule has 0 spiro atoms. The minimum Gasteiger partial charge on any atom is -0.496 e. The van der Waals surface area contributed by atoms with E-state index in [0.29, 0.717) is 26.3 Å². The zero-order valence-electron chi connectivity index (χ0n) is 30.1. The van der Waals surface area contributed by atoms with Gasteiger partial charge in [-0.15, -0.1) is 0 Å². The van der Waals surface area contributed by atoms with Gasteiger partial charge < -0.3 is 19.1 Å². The van der Waals surface area contributed by atoms with Crippen LogP contribution in [0.15, 0.2) is 48.9 Å². The predicted octanol–water partition coefficient (Wildman–Crippen LogP) is 7.50. The number of morpholine rings is 1. The van der Waals surface area contributed by atoms with Crippen LogP contribution in [-0.4, -0.2) is 78.2 Å². The number of benzene rings is 1. The molecule has 50 heavy (non-hydrogen) atoms. The summed E-state index contributed by atoms with van der Waals surface area (Å²) in [5.41, 5.74) is 4.87. The molecule has 1 saturated heterocycles. The SMILES string of the molecule is COc1ccc(C23CCC(CN(C(=O)C4CCCCC4)c4cc(-c5cnn(C(C)COC(=O)N6CCOCC6)c5)ccn4)(CC2)CC3)cc1C. The number of carbonyl (C=O) groups excluding carboxylic acids is 2. The summed E-state index contributed by atoms with van der Waals surface area (Å²) in [6.45, 7) is 7.26. The van der Waals surface area contributed by atoms with E-state index in [9.17, 15) is 9.59 Å². The maximum Gasteiger partial charge on any atom is 0.409 e. The molecule has 268 valence electrons. The Bertz CT molecular complexity index is 1630. The molecule has 2 bridgehead atoms. The summed E-state index contributed by atoms with van der Waals surface area (Å²) < 4.78 is 18.3. The van der Waals surface area contributed by atoms with Crippen LogP contribution < -0.4 is 9.64 Å². The van der Waals surface area contributed by atoms with E-state index in [0.717, 1.165) is 93.4 Å². The second-order valence-corrected chi connectivity index (χ2v) is 15.4. The summed E-state index contributed by atoms with van der Waals surface area (Å²) in [5, 5.41) is 4.62. The molecule has 5 aliphatic rings. The van der Waals surface area contributed by atoms with Gasteiger partial charge in [0.15, 0.2) is 0 Å². The van der Waals surface area contributed by atoms with Crippen molar-refractivity contribution in [1.29, 1.82) is 0 Å². The van der Waals surface area contributed by atoms with Crippen LogP contribution in [0, 0.1) is 18.3 Å². The van der Waals surface area contributed by atoms with Gasteiger partial charge >= 0.3 is 6.09 Å². The Morgan fingerprint density at radius 3 is 2.44 bits per heavy atom. The second-order valence-electron chi connectivity index (χ2n) is 15.4. The zero-order valence-corrected chi connectivity index (χ0v) is 30.1. The number of rotatable bonds is 10. The molecule has 1 unspecified atom stereocenters. The smallest absolute Gasteiger partial charge is 0.409 e. The fraction of sp³-hybridized carbons (Fsp3) is 0.600. The lowest BCUT2D eigenvalue weighted by Crippen LogP contribution is -2.51. The number of anilines is 1. The Kier molecular flexibility index (Phi) is 10.2. The number of fused-ring (bicyclic) bond motifs is 3. The number of hydrogen-bond acceptors (Lipinski definition) is 7. The molecule has 10 nitrogen and oxygen atoms in total. The normalized spacial score (nSPS) is 24.5. The van der Waals surface area contributed by atoms with E-state index in [1.54, 1.807) is 12.0 Å². The van der Waals surface area contributed by atoms with E-state index in [2.05, 4.69) is 41.2 Å². The zero-order chi connectivity index (χ0) is 34.7. The van der Waals surface area contributed by atoms with Crippen molar-refractivity contribution in [3.63, 3.8) is 0 Å². The van der Waals surface area contributed by atoms with Gasteiger partial charge in [0.2, 0.25) is 5.91 Å². The third-order valence-corrected chi connectivity index (χ3v) is 12.2. The largest absolute Gasteiger partial charge is 0.496 e. The van der Waals surface area contributed by atoms with Crippen LogP contribution in [0.3, 0.4) is 0 Å². The topological polar surface area (TPSA) is 99.0 Å². The van der Waals surface area contributed by atoms with Gasteiger partial charge in [0.25, 0.3) is 0 Å². The van der Waals surface area contributed by atoms with Gasteiger partial charge in [-0.3, -0.25) is 14.4 Å². The molecule has 4 aliphatic carbocycles. The number of aryl methyl sites for hydroxylation is 1. The van der Waals surface area contributed by atoms with Crippen LogP contribution in [0.4, 0.5) is 10.6 Å². The standard InChI is InChI=1S/C40H53N5O5/c1-29-23-34(9-10-35(29)48-3)40-15-12-39(13-16-40,14-17-40)28-44(37(46)31-7-5-4-6-8-31)36-24-32(11-18-41-36)33-25-42-45(26-33)30(2)27-50-38(47)43-19-21-49-22-20-43/h9-11,18,23-26,30-31H,4-8,12-17,19-22,27-28H2,1-3H3. The molecule has 1 aliphatic heterocycles. The van der Waals surface area contributed by atoms with E-state index < -0.39 is 0 Å². The van der Waals surface area contributed by atoms with Gasteiger partial charge in [0.05, 0.1) is 32.6 Å². The molecule has 4 saturated carbocycles. The fourth-order valence-corrected chi connectivity index (χ4v) is 8.90. The Morgan fingerprint density at radius 1 is 1.00 bits per heavy atom. The van der Waals surface area contributed by atoms with Crippen molar-refractivity contribution >= 4 is 17.8 Å². The monoisotopic (exact) mass is 683 g/mol. The Labute approximate surface area is 296 Å². The number of pyridine rings is 1. The van der Waals surface area contributed by atoms with Crippen molar-refractivity contribution in [3.05, 3.63) is 60.0 Å². The molecule has 3 aromatic rings. The van der Waals surface area contributed by atoms with Crippen LogP contribution in [0.5, 0.6) is 5.75 Å². The van der Waals surface area contributed by atoms with Crippen molar-refractivity contribution in [3.8, 4) is 16.9 Å². The van der Waals surface area contributed by atoms with Crippen LogP contribution in [0.25, 0.3) is 11.1 Å². The maximum atomic E-state index is 14.4. The molecule has 10 heteroatoms. The Morgan fingerprint density at radius 2 is 1.74 bits per heavy atom. The predicted molar refractivity (Wildman–Crippen MR) is 192 cm³/mol. The molecule has 5 fully saturated rings. The van der Waals surface area contributed by atoms with Crippen LogP contribution in [0.2, 0.25) is 0 Å². The third kappa shape index (κ3) is 7.13. The minimum absolute atomic E-state index is 0.0583. The van der Waals surface area contributed by atoms with Gasteiger partial charge in [-0.25, -0.2) is 9.78 Å². The highest BCUT2D eigenvalue weighted by Gasteiger charge is 2.50. The molecule has 2 aromatic heterocycles. The summed E-state index contributed by atoms with van der Waals surface area (Å²) in [4.78, 5) is 35.5. The highest BCUT2D eigenvalue weighted by atomic mass is 16.6. The molecule has 0 radical (unpaired) electrons. The number of carbonyl (C=O) groups is 2. The lowest BCUT2D eigenvalue weighted by atomic mass is 9.51. The number of hydrogen-bond donors (Lipinski definition) is 0. The molecular formula is C40H53N5O5. The lowest BCUT2D eigenvalue weighted by molar-refractivity contribution is -0.124. The number of amides is 2. The van der Waals surface area contributed by atoms with Crippen molar-refractivity contribution in [1.82, 2.24) is 19.7 Å². The highest BCUT2D eigenvalue weighted by Crippen LogP contribution is 2.58. The van der Waals surface area contributed by atoms with Gasteiger partial charge in [0, 0.05) is 43.5 Å². The number of methoxy groups -OCH3 is 1. The van der Waals surface area contributed by atoms with Crippen molar-refractivity contribution < 1.29 is 23.8 Å². The fourth-order valence-electron chi connectivity index (χ4n) is 8.90. The quantitative estimate of drug-likeness (QED) is 0.218.